The van der Waals surface area contributed by atoms with Gasteiger partial charge >= 0.3 is 12.1 Å². The Balaban J connectivity index is 1.39. The third-order valence-electron chi connectivity index (χ3n) is 7.60. The first-order chi connectivity index (χ1) is 20.7. The highest BCUT2D eigenvalue weighted by Gasteiger charge is 2.41. The first-order valence-electron chi connectivity index (χ1n) is 14.4. The van der Waals surface area contributed by atoms with Crippen molar-refractivity contribution in [2.75, 3.05) is 37.6 Å². The fourth-order valence-electron chi connectivity index (χ4n) is 5.32. The number of anilines is 1. The second-order valence-electron chi connectivity index (χ2n) is 10.7. The SMILES string of the molecule is [C-]#[N+]c1cc(F)ccc1N1CCC(CNC(=O)[C@H](OC(C)=O)[C@@H](NC(=O)OCc2ccccc2)C(=O)N2CCCC2)CC1. The van der Waals surface area contributed by atoms with Crippen molar-refractivity contribution in [2.24, 2.45) is 5.92 Å². The summed E-state index contributed by atoms with van der Waals surface area (Å²) in [6, 6.07) is 11.7. The van der Waals surface area contributed by atoms with Gasteiger partial charge in [0.1, 0.15) is 12.4 Å². The van der Waals surface area contributed by atoms with Gasteiger partial charge in [0, 0.05) is 45.3 Å². The van der Waals surface area contributed by atoms with Crippen LogP contribution in [0.4, 0.5) is 20.6 Å². The average molecular weight is 594 g/mol. The summed E-state index contributed by atoms with van der Waals surface area (Å²) in [6.45, 7) is 10.8. The number of ether oxygens (including phenoxy) is 2. The first kappa shape index (κ1) is 31.3. The van der Waals surface area contributed by atoms with Gasteiger partial charge in [-0.25, -0.2) is 14.0 Å². The van der Waals surface area contributed by atoms with Gasteiger partial charge in [-0.2, -0.15) is 0 Å². The van der Waals surface area contributed by atoms with Crippen LogP contribution in [0.3, 0.4) is 0 Å². The highest BCUT2D eigenvalue weighted by Crippen LogP contribution is 2.32. The lowest BCUT2D eigenvalue weighted by molar-refractivity contribution is -0.159. The van der Waals surface area contributed by atoms with Crippen molar-refractivity contribution in [2.45, 2.75) is 51.4 Å². The maximum Gasteiger partial charge on any atom is 0.408 e. The van der Waals surface area contributed by atoms with Crippen LogP contribution in [0, 0.1) is 18.3 Å². The summed E-state index contributed by atoms with van der Waals surface area (Å²) >= 11 is 0. The van der Waals surface area contributed by atoms with Crippen molar-refractivity contribution in [1.82, 2.24) is 15.5 Å². The number of rotatable bonds is 10. The Hall–Kier alpha value is -4.66. The molecule has 2 N–H and O–H groups in total. The fraction of sp³-hybridized carbons (Fsp3) is 0.452. The van der Waals surface area contributed by atoms with E-state index in [0.717, 1.165) is 25.3 Å². The number of benzene rings is 2. The minimum atomic E-state index is -1.60. The van der Waals surface area contributed by atoms with E-state index in [2.05, 4.69) is 15.5 Å². The highest BCUT2D eigenvalue weighted by molar-refractivity contribution is 5.95. The molecule has 4 rings (SSSR count). The molecule has 11 nitrogen and oxygen atoms in total. The molecular formula is C31H36FN5O6. The molecule has 0 aromatic heterocycles. The third-order valence-corrected chi connectivity index (χ3v) is 7.60. The number of hydrogen-bond donors (Lipinski definition) is 2. The van der Waals surface area contributed by atoms with Crippen LogP contribution in [0.1, 0.15) is 38.2 Å². The van der Waals surface area contributed by atoms with Gasteiger partial charge in [0.15, 0.2) is 6.04 Å². The zero-order chi connectivity index (χ0) is 30.8. The van der Waals surface area contributed by atoms with E-state index in [1.165, 1.54) is 17.0 Å². The molecule has 43 heavy (non-hydrogen) atoms. The molecule has 2 aromatic rings. The van der Waals surface area contributed by atoms with Gasteiger partial charge in [-0.3, -0.25) is 14.4 Å². The van der Waals surface area contributed by atoms with Crippen LogP contribution in [-0.4, -0.2) is 73.6 Å². The van der Waals surface area contributed by atoms with E-state index in [0.29, 0.717) is 44.7 Å². The van der Waals surface area contributed by atoms with Crippen LogP contribution >= 0.6 is 0 Å². The summed E-state index contributed by atoms with van der Waals surface area (Å²) in [5.41, 5.74) is 1.66. The van der Waals surface area contributed by atoms with Crippen molar-refractivity contribution >= 4 is 35.3 Å². The second-order valence-corrected chi connectivity index (χ2v) is 10.7. The molecule has 2 aliphatic rings. The van der Waals surface area contributed by atoms with Crippen LogP contribution in [0.25, 0.3) is 4.85 Å². The Labute approximate surface area is 250 Å². The lowest BCUT2D eigenvalue weighted by Gasteiger charge is -2.35. The monoisotopic (exact) mass is 593 g/mol. The molecule has 2 atom stereocenters. The molecule has 0 bridgehead atoms. The molecule has 3 amide bonds. The van der Waals surface area contributed by atoms with Gasteiger partial charge in [0.25, 0.3) is 5.91 Å². The third kappa shape index (κ3) is 8.67. The van der Waals surface area contributed by atoms with Gasteiger partial charge in [0.2, 0.25) is 17.7 Å². The summed E-state index contributed by atoms with van der Waals surface area (Å²) in [6.07, 6.45) is 0.430. The summed E-state index contributed by atoms with van der Waals surface area (Å²) in [7, 11) is 0. The number of carbonyl (C=O) groups is 4. The van der Waals surface area contributed by atoms with E-state index in [1.54, 1.807) is 30.3 Å². The Morgan fingerprint density at radius 2 is 1.74 bits per heavy atom. The smallest absolute Gasteiger partial charge is 0.408 e. The number of likely N-dealkylation sites (tertiary alicyclic amines) is 1. The number of carbonyl (C=O) groups excluding carboxylic acids is 4. The standard InChI is InChI=1S/C31H36FN5O6/c1-21(38)43-28(27(30(40)37-14-6-7-15-37)35-31(41)42-20-23-8-4-3-5-9-23)29(39)34-19-22-12-16-36(17-13-22)26-11-10-24(32)18-25(26)33-2/h3-5,8-11,18,22,27-28H,6-7,12-17,19-20H2,1H3,(H,34,39)(H,35,41)/t27-,28-/m1/s1. The van der Waals surface area contributed by atoms with Crippen molar-refractivity contribution in [3.8, 4) is 0 Å². The number of alkyl carbamates (subject to hydrolysis) is 1. The predicted molar refractivity (Wildman–Crippen MR) is 156 cm³/mol. The number of piperidine rings is 1. The normalized spacial score (nSPS) is 16.5. The number of amides is 3. The molecule has 0 spiro atoms. The minimum Gasteiger partial charge on any atom is -0.450 e. The summed E-state index contributed by atoms with van der Waals surface area (Å²) < 4.78 is 24.2. The predicted octanol–water partition coefficient (Wildman–Crippen LogP) is 3.56. The Morgan fingerprint density at radius 1 is 1.05 bits per heavy atom. The van der Waals surface area contributed by atoms with E-state index >= 15 is 0 Å². The van der Waals surface area contributed by atoms with E-state index in [-0.39, 0.29) is 24.8 Å². The van der Waals surface area contributed by atoms with Gasteiger partial charge in [-0.15, -0.1) is 0 Å². The summed E-state index contributed by atoms with van der Waals surface area (Å²) in [4.78, 5) is 58.7. The summed E-state index contributed by atoms with van der Waals surface area (Å²) in [5, 5.41) is 5.28. The lowest BCUT2D eigenvalue weighted by atomic mass is 9.96. The highest BCUT2D eigenvalue weighted by atomic mass is 19.1. The molecule has 0 unspecified atom stereocenters. The van der Waals surface area contributed by atoms with E-state index in [1.807, 2.05) is 11.0 Å². The maximum atomic E-state index is 13.6. The molecule has 2 aromatic carbocycles. The van der Waals surface area contributed by atoms with Gasteiger partial charge < -0.3 is 29.9 Å². The van der Waals surface area contributed by atoms with E-state index in [9.17, 15) is 23.6 Å². The van der Waals surface area contributed by atoms with Crippen LogP contribution in [0.2, 0.25) is 0 Å². The van der Waals surface area contributed by atoms with Crippen molar-refractivity contribution in [3.05, 3.63) is 71.3 Å². The number of hydrogen-bond acceptors (Lipinski definition) is 7. The van der Waals surface area contributed by atoms with Gasteiger partial charge in [-0.05, 0) is 55.4 Å². The quantitative estimate of drug-likeness (QED) is 0.319. The van der Waals surface area contributed by atoms with E-state index in [4.69, 9.17) is 16.0 Å². The van der Waals surface area contributed by atoms with Gasteiger partial charge in [0.05, 0.1) is 6.57 Å². The van der Waals surface area contributed by atoms with Crippen LogP contribution in [-0.2, 0) is 30.5 Å². The van der Waals surface area contributed by atoms with Crippen LogP contribution < -0.4 is 15.5 Å². The molecule has 12 heteroatoms. The molecule has 0 saturated carbocycles. The molecule has 2 saturated heterocycles. The molecule has 0 aliphatic carbocycles. The lowest BCUT2D eigenvalue weighted by Crippen LogP contribution is -2.59. The summed E-state index contributed by atoms with van der Waals surface area (Å²) in [5.74, 6) is -2.39. The number of nitrogens with one attached hydrogen (secondary N) is 2. The van der Waals surface area contributed by atoms with Crippen molar-refractivity contribution in [3.63, 3.8) is 0 Å². The van der Waals surface area contributed by atoms with E-state index < -0.39 is 41.8 Å². The zero-order valence-electron chi connectivity index (χ0n) is 24.1. The Bertz CT molecular complexity index is 1340. The van der Waals surface area contributed by atoms with Crippen molar-refractivity contribution in [1.29, 1.82) is 0 Å². The van der Waals surface area contributed by atoms with Crippen LogP contribution in [0.15, 0.2) is 48.5 Å². The molecule has 2 aliphatic heterocycles. The topological polar surface area (TPSA) is 122 Å². The largest absolute Gasteiger partial charge is 0.450 e. The zero-order valence-corrected chi connectivity index (χ0v) is 24.1. The number of esters is 1. The molecule has 2 heterocycles. The van der Waals surface area contributed by atoms with Gasteiger partial charge in [-0.1, -0.05) is 30.3 Å². The Kier molecular flexibility index (Phi) is 10.9. The molecule has 2 fully saturated rings. The fourth-order valence-corrected chi connectivity index (χ4v) is 5.32. The maximum absolute atomic E-state index is 13.6. The molecule has 228 valence electrons. The first-order valence-corrected chi connectivity index (χ1v) is 14.4. The Morgan fingerprint density at radius 3 is 2.40 bits per heavy atom. The van der Waals surface area contributed by atoms with Crippen LogP contribution in [0.5, 0.6) is 0 Å². The average Bonchev–Trinajstić information content (AvgIpc) is 3.56. The molecular weight excluding hydrogens is 557 g/mol. The minimum absolute atomic E-state index is 0.0459. The number of halogens is 1. The second kappa shape index (κ2) is 15.0. The number of nitrogens with zero attached hydrogens (tertiary/aromatic N) is 3. The van der Waals surface area contributed by atoms with Crippen molar-refractivity contribution < 1.29 is 33.0 Å². The molecule has 0 radical (unpaired) electrons.